The second-order valence-electron chi connectivity index (χ2n) is 8.34. The Morgan fingerprint density at radius 3 is 2.56 bits per heavy atom. The summed E-state index contributed by atoms with van der Waals surface area (Å²) in [6, 6.07) is 6.05. The molecule has 1 unspecified atom stereocenters. The maximum Gasteiger partial charge on any atom is 0.407 e. The number of benzene rings is 1. The third-order valence-corrected chi connectivity index (χ3v) is 4.60. The molecule has 0 saturated carbocycles. The molecule has 0 fully saturated rings. The third kappa shape index (κ3) is 6.45. The summed E-state index contributed by atoms with van der Waals surface area (Å²) in [5.74, 6) is 1.16. The Hall–Kier alpha value is -1.69. The summed E-state index contributed by atoms with van der Waals surface area (Å²) >= 11 is 3.52. The molecule has 0 aliphatic heterocycles. The van der Waals surface area contributed by atoms with Gasteiger partial charge in [-0.1, -0.05) is 36.7 Å². The Morgan fingerprint density at radius 1 is 1.26 bits per heavy atom. The van der Waals surface area contributed by atoms with Crippen molar-refractivity contribution in [2.45, 2.75) is 65.8 Å². The van der Waals surface area contributed by atoms with Crippen LogP contribution in [0.2, 0.25) is 0 Å². The van der Waals surface area contributed by atoms with E-state index in [9.17, 15) is 4.79 Å². The highest BCUT2D eigenvalue weighted by molar-refractivity contribution is 9.10. The highest BCUT2D eigenvalue weighted by atomic mass is 79.9. The van der Waals surface area contributed by atoms with Gasteiger partial charge in [0.1, 0.15) is 12.4 Å². The smallest absolute Gasteiger partial charge is 0.407 e. The molecular weight excluding hydrogens is 406 g/mol. The van der Waals surface area contributed by atoms with Crippen LogP contribution in [0.4, 0.5) is 4.79 Å². The Balaban J connectivity index is 2.30. The van der Waals surface area contributed by atoms with Crippen LogP contribution >= 0.6 is 15.9 Å². The summed E-state index contributed by atoms with van der Waals surface area (Å²) in [5, 5.41) is 3.89. The van der Waals surface area contributed by atoms with Gasteiger partial charge >= 0.3 is 6.09 Å². The van der Waals surface area contributed by atoms with Gasteiger partial charge in [-0.3, -0.25) is 0 Å². The molecule has 2 aromatic rings. The first-order valence-electron chi connectivity index (χ1n) is 9.50. The summed E-state index contributed by atoms with van der Waals surface area (Å²) in [7, 11) is 0. The van der Waals surface area contributed by atoms with Gasteiger partial charge in [0.25, 0.3) is 0 Å². The molecule has 0 aliphatic rings. The molecule has 1 amide bonds. The number of aryl methyl sites for hydroxylation is 1. The Kier molecular flexibility index (Phi) is 7.20. The second-order valence-corrected chi connectivity index (χ2v) is 9.26. The molecule has 27 heavy (non-hydrogen) atoms. The predicted molar refractivity (Wildman–Crippen MR) is 113 cm³/mol. The summed E-state index contributed by atoms with van der Waals surface area (Å²) in [6.45, 7) is 12.5. The van der Waals surface area contributed by atoms with Gasteiger partial charge in [-0.15, -0.1) is 0 Å². The van der Waals surface area contributed by atoms with E-state index in [4.69, 9.17) is 14.7 Å². The van der Waals surface area contributed by atoms with Gasteiger partial charge in [0.2, 0.25) is 0 Å². The Bertz CT molecular complexity index is 800. The minimum absolute atomic E-state index is 0.0333. The monoisotopic (exact) mass is 435 g/mol. The number of nitrogens with one attached hydrogen (secondary N) is 1. The fourth-order valence-corrected chi connectivity index (χ4v) is 3.33. The van der Waals surface area contributed by atoms with E-state index >= 15 is 0 Å². The van der Waals surface area contributed by atoms with Crippen LogP contribution in [0.1, 0.15) is 65.4 Å². The molecule has 1 aromatic carbocycles. The predicted octanol–water partition coefficient (Wildman–Crippen LogP) is 5.61. The number of fused-ring (bicyclic) bond motifs is 1. The maximum atomic E-state index is 12.1. The van der Waals surface area contributed by atoms with E-state index in [0.717, 1.165) is 39.7 Å². The fourth-order valence-electron chi connectivity index (χ4n) is 2.97. The number of carbonyl (C=O) groups is 1. The number of halogens is 1. The molecule has 0 bridgehead atoms. The molecule has 0 radical (unpaired) electrons. The SMILES string of the molecule is CCc1nc(C(COC(=O)NC(C)(C)C)CC(C)C)nc2ccc(Br)cc12. The standard InChI is InChI=1S/C21H30BrN3O2/c1-7-17-16-11-15(22)8-9-18(16)24-19(23-17)14(10-13(2)3)12-27-20(26)25-21(4,5)6/h8-9,11,13-14H,7,10,12H2,1-6H3,(H,25,26). The molecule has 1 atom stereocenters. The lowest BCUT2D eigenvalue weighted by atomic mass is 9.96. The maximum absolute atomic E-state index is 12.1. The largest absolute Gasteiger partial charge is 0.449 e. The first-order valence-corrected chi connectivity index (χ1v) is 10.3. The summed E-state index contributed by atoms with van der Waals surface area (Å²) in [4.78, 5) is 21.7. The molecule has 0 spiro atoms. The molecule has 0 aliphatic carbocycles. The van der Waals surface area contributed by atoms with Crippen LogP contribution in [0.3, 0.4) is 0 Å². The Labute approximate surface area is 170 Å². The minimum Gasteiger partial charge on any atom is -0.449 e. The van der Waals surface area contributed by atoms with Crippen LogP contribution in [-0.4, -0.2) is 28.2 Å². The summed E-state index contributed by atoms with van der Waals surface area (Å²) < 4.78 is 6.52. The van der Waals surface area contributed by atoms with E-state index in [1.807, 2.05) is 32.9 Å². The van der Waals surface area contributed by atoms with Gasteiger partial charge in [0.05, 0.1) is 17.1 Å². The molecule has 1 heterocycles. The fraction of sp³-hybridized carbons (Fsp3) is 0.571. The highest BCUT2D eigenvalue weighted by Crippen LogP contribution is 2.27. The van der Waals surface area contributed by atoms with Crippen molar-refractivity contribution in [1.82, 2.24) is 15.3 Å². The van der Waals surface area contributed by atoms with E-state index in [0.29, 0.717) is 5.92 Å². The van der Waals surface area contributed by atoms with Crippen molar-refractivity contribution in [2.75, 3.05) is 6.61 Å². The molecule has 6 heteroatoms. The first-order chi connectivity index (χ1) is 12.6. The van der Waals surface area contributed by atoms with Crippen molar-refractivity contribution in [2.24, 2.45) is 5.92 Å². The zero-order valence-corrected chi connectivity index (χ0v) is 18.7. The van der Waals surface area contributed by atoms with E-state index < -0.39 is 6.09 Å². The topological polar surface area (TPSA) is 64.1 Å². The van der Waals surface area contributed by atoms with E-state index in [-0.39, 0.29) is 18.1 Å². The molecule has 1 aromatic heterocycles. The first kappa shape index (κ1) is 21.6. The highest BCUT2D eigenvalue weighted by Gasteiger charge is 2.22. The number of alkyl carbamates (subject to hydrolysis) is 1. The number of ether oxygens (including phenoxy) is 1. The number of amides is 1. The zero-order valence-electron chi connectivity index (χ0n) is 17.1. The van der Waals surface area contributed by atoms with Crippen molar-refractivity contribution in [3.63, 3.8) is 0 Å². The molecule has 1 N–H and O–H groups in total. The van der Waals surface area contributed by atoms with Crippen LogP contribution in [0.15, 0.2) is 22.7 Å². The number of carbonyl (C=O) groups excluding carboxylic acids is 1. The normalized spacial score (nSPS) is 13.0. The van der Waals surface area contributed by atoms with E-state index in [1.54, 1.807) is 0 Å². The van der Waals surface area contributed by atoms with Crippen LogP contribution in [0, 0.1) is 5.92 Å². The van der Waals surface area contributed by atoms with Gasteiger partial charge in [-0.25, -0.2) is 14.8 Å². The van der Waals surface area contributed by atoms with Crippen molar-refractivity contribution in [1.29, 1.82) is 0 Å². The molecule has 5 nitrogen and oxygen atoms in total. The second kappa shape index (κ2) is 9.00. The van der Waals surface area contributed by atoms with Crippen LogP contribution in [0.5, 0.6) is 0 Å². The van der Waals surface area contributed by atoms with Crippen molar-refractivity contribution in [3.8, 4) is 0 Å². The van der Waals surface area contributed by atoms with Gasteiger partial charge in [0, 0.05) is 15.4 Å². The number of aromatic nitrogens is 2. The third-order valence-electron chi connectivity index (χ3n) is 4.10. The lowest BCUT2D eigenvalue weighted by Gasteiger charge is -2.23. The molecule has 0 saturated heterocycles. The number of nitrogens with zero attached hydrogens (tertiary/aromatic N) is 2. The van der Waals surface area contributed by atoms with E-state index in [2.05, 4.69) is 48.1 Å². The number of rotatable bonds is 6. The van der Waals surface area contributed by atoms with E-state index in [1.165, 1.54) is 0 Å². The van der Waals surface area contributed by atoms with Crippen molar-refractivity contribution < 1.29 is 9.53 Å². The lowest BCUT2D eigenvalue weighted by Crippen LogP contribution is -2.41. The van der Waals surface area contributed by atoms with Crippen LogP contribution in [-0.2, 0) is 11.2 Å². The van der Waals surface area contributed by atoms with Gasteiger partial charge in [0.15, 0.2) is 0 Å². The zero-order chi connectivity index (χ0) is 20.2. The number of hydrogen-bond donors (Lipinski definition) is 1. The van der Waals surface area contributed by atoms with Crippen molar-refractivity contribution in [3.05, 3.63) is 34.2 Å². The Morgan fingerprint density at radius 2 is 1.96 bits per heavy atom. The van der Waals surface area contributed by atoms with Gasteiger partial charge < -0.3 is 10.1 Å². The van der Waals surface area contributed by atoms with Gasteiger partial charge in [-0.2, -0.15) is 0 Å². The van der Waals surface area contributed by atoms with Crippen LogP contribution in [0.25, 0.3) is 10.9 Å². The van der Waals surface area contributed by atoms with Crippen LogP contribution < -0.4 is 5.32 Å². The lowest BCUT2D eigenvalue weighted by molar-refractivity contribution is 0.126. The summed E-state index contributed by atoms with van der Waals surface area (Å²) in [5.41, 5.74) is 1.62. The molecule has 2 rings (SSSR count). The van der Waals surface area contributed by atoms with Gasteiger partial charge in [-0.05, 0) is 57.7 Å². The number of hydrogen-bond acceptors (Lipinski definition) is 4. The summed E-state index contributed by atoms with van der Waals surface area (Å²) in [6.07, 6.45) is 1.27. The average Bonchev–Trinajstić information content (AvgIpc) is 2.55. The quantitative estimate of drug-likeness (QED) is 0.640. The molecular formula is C21H30BrN3O2. The minimum atomic E-state index is -0.406. The average molecular weight is 436 g/mol. The molecule has 148 valence electrons. The van der Waals surface area contributed by atoms with Crippen molar-refractivity contribution >= 4 is 32.9 Å².